The van der Waals surface area contributed by atoms with Crippen LogP contribution in [-0.4, -0.2) is 16.8 Å². The van der Waals surface area contributed by atoms with Gasteiger partial charge in [-0.2, -0.15) is 0 Å². The van der Waals surface area contributed by atoms with Gasteiger partial charge in [0.1, 0.15) is 0 Å². The van der Waals surface area contributed by atoms with Crippen molar-refractivity contribution in [2.75, 3.05) is 6.61 Å². The van der Waals surface area contributed by atoms with E-state index in [2.05, 4.69) is 0 Å². The number of hydrogen-bond donors (Lipinski definition) is 3. The maximum absolute atomic E-state index is 8.74. The highest BCUT2D eigenvalue weighted by Crippen LogP contribution is 2.10. The van der Waals surface area contributed by atoms with Crippen LogP contribution >= 0.6 is 0 Å². The van der Waals surface area contributed by atoms with Gasteiger partial charge in [-0.1, -0.05) is 24.3 Å². The number of benzene rings is 1. The molecule has 1 aromatic rings. The molecule has 0 spiro atoms. The molecule has 1 unspecified atom stereocenters. The van der Waals surface area contributed by atoms with Crippen LogP contribution in [0, 0.1) is 0 Å². The van der Waals surface area contributed by atoms with E-state index in [1.165, 1.54) is 0 Å². The Hall–Kier alpha value is -0.900. The molecule has 1 aromatic carbocycles. The molecule has 0 aliphatic carbocycles. The van der Waals surface area contributed by atoms with E-state index in [-0.39, 0.29) is 19.3 Å². The zero-order chi connectivity index (χ0) is 8.97. The fraction of sp³-hybridized carbons (Fsp3) is 0.333. The molecule has 66 valence electrons. The molecular weight excluding hydrogens is 154 g/mol. The number of hydrogen-bond acceptors (Lipinski definition) is 3. The fourth-order valence-corrected chi connectivity index (χ4v) is 0.976. The summed E-state index contributed by atoms with van der Waals surface area (Å²) in [6.45, 7) is -0.0207. The maximum Gasteiger partial charge on any atom is 0.0681 e. The molecule has 0 fully saturated rings. The third kappa shape index (κ3) is 2.04. The molecule has 0 bridgehead atoms. The Morgan fingerprint density at radius 2 is 1.75 bits per heavy atom. The van der Waals surface area contributed by atoms with E-state index in [0.29, 0.717) is 0 Å². The van der Waals surface area contributed by atoms with Gasteiger partial charge in [-0.15, -0.1) is 0 Å². The Morgan fingerprint density at radius 3 is 2.17 bits per heavy atom. The van der Waals surface area contributed by atoms with Crippen molar-refractivity contribution in [1.82, 2.24) is 0 Å². The molecule has 3 heteroatoms. The lowest BCUT2D eigenvalue weighted by Crippen LogP contribution is -2.14. The summed E-state index contributed by atoms with van der Waals surface area (Å²) in [5, 5.41) is 17.5. The van der Waals surface area contributed by atoms with Crippen LogP contribution in [0.3, 0.4) is 0 Å². The van der Waals surface area contributed by atoms with Crippen LogP contribution in [0.25, 0.3) is 0 Å². The van der Waals surface area contributed by atoms with E-state index in [9.17, 15) is 0 Å². The fourth-order valence-electron chi connectivity index (χ4n) is 0.976. The lowest BCUT2D eigenvalue weighted by Gasteiger charge is -2.08. The smallest absolute Gasteiger partial charge is 0.0681 e. The number of aliphatic hydroxyl groups is 2. The number of aliphatic hydroxyl groups excluding tert-OH is 2. The van der Waals surface area contributed by atoms with E-state index in [0.717, 1.165) is 11.1 Å². The highest BCUT2D eigenvalue weighted by Gasteiger charge is 2.02. The molecule has 1 atom stereocenters. The van der Waals surface area contributed by atoms with Gasteiger partial charge in [-0.05, 0) is 11.1 Å². The Morgan fingerprint density at radius 1 is 1.17 bits per heavy atom. The van der Waals surface area contributed by atoms with Gasteiger partial charge in [0, 0.05) is 0 Å². The van der Waals surface area contributed by atoms with Crippen LogP contribution in [-0.2, 0) is 6.61 Å². The van der Waals surface area contributed by atoms with Crippen LogP contribution in [0.2, 0.25) is 0 Å². The molecule has 0 aliphatic rings. The first-order chi connectivity index (χ1) is 5.77. The largest absolute Gasteiger partial charge is 0.394 e. The van der Waals surface area contributed by atoms with Crippen molar-refractivity contribution in [1.29, 1.82) is 0 Å². The summed E-state index contributed by atoms with van der Waals surface area (Å²) in [6, 6.07) is 6.90. The molecule has 0 amide bonds. The SMILES string of the molecule is NC(CO)c1ccc(CO)cc1. The van der Waals surface area contributed by atoms with Gasteiger partial charge in [0.25, 0.3) is 0 Å². The minimum absolute atomic E-state index is 0.0364. The number of nitrogens with two attached hydrogens (primary N) is 1. The van der Waals surface area contributed by atoms with Gasteiger partial charge in [0.05, 0.1) is 19.3 Å². The Balaban J connectivity index is 2.77. The summed E-state index contributed by atoms with van der Waals surface area (Å²) in [4.78, 5) is 0. The van der Waals surface area contributed by atoms with E-state index in [1.54, 1.807) is 12.1 Å². The molecular formula is C9H13NO2. The summed E-state index contributed by atoms with van der Waals surface area (Å²) in [5.41, 5.74) is 7.31. The third-order valence-electron chi connectivity index (χ3n) is 1.79. The summed E-state index contributed by atoms with van der Waals surface area (Å²) < 4.78 is 0. The van der Waals surface area contributed by atoms with Crippen molar-refractivity contribution in [3.8, 4) is 0 Å². The number of rotatable bonds is 3. The highest BCUT2D eigenvalue weighted by atomic mass is 16.3. The molecule has 0 saturated heterocycles. The standard InChI is InChI=1S/C9H13NO2/c10-9(6-12)8-3-1-7(5-11)2-4-8/h1-4,9,11-12H,5-6,10H2. The molecule has 3 nitrogen and oxygen atoms in total. The summed E-state index contributed by atoms with van der Waals surface area (Å²) >= 11 is 0. The second-order valence-electron chi connectivity index (χ2n) is 2.69. The molecule has 1 rings (SSSR count). The second-order valence-corrected chi connectivity index (χ2v) is 2.69. The minimum Gasteiger partial charge on any atom is -0.394 e. The summed E-state index contributed by atoms with van der Waals surface area (Å²) in [7, 11) is 0. The van der Waals surface area contributed by atoms with E-state index >= 15 is 0 Å². The highest BCUT2D eigenvalue weighted by molar-refractivity contribution is 5.24. The first-order valence-electron chi connectivity index (χ1n) is 3.84. The zero-order valence-corrected chi connectivity index (χ0v) is 6.77. The monoisotopic (exact) mass is 167 g/mol. The Labute approximate surface area is 71.5 Å². The lowest BCUT2D eigenvalue weighted by atomic mass is 10.1. The second kappa shape index (κ2) is 4.21. The van der Waals surface area contributed by atoms with Crippen molar-refractivity contribution >= 4 is 0 Å². The van der Waals surface area contributed by atoms with Gasteiger partial charge >= 0.3 is 0 Å². The topological polar surface area (TPSA) is 66.5 Å². The van der Waals surface area contributed by atoms with Crippen molar-refractivity contribution in [2.24, 2.45) is 5.73 Å². The lowest BCUT2D eigenvalue weighted by molar-refractivity contribution is 0.267. The first-order valence-corrected chi connectivity index (χ1v) is 3.84. The molecule has 0 aromatic heterocycles. The quantitative estimate of drug-likeness (QED) is 0.601. The van der Waals surface area contributed by atoms with Gasteiger partial charge in [-0.3, -0.25) is 0 Å². The average Bonchev–Trinajstić information content (AvgIpc) is 2.17. The Bertz CT molecular complexity index is 233. The maximum atomic E-state index is 8.74. The van der Waals surface area contributed by atoms with Gasteiger partial charge in [-0.25, -0.2) is 0 Å². The molecule has 0 saturated carbocycles. The molecule has 0 aliphatic heterocycles. The van der Waals surface area contributed by atoms with Crippen molar-refractivity contribution < 1.29 is 10.2 Å². The van der Waals surface area contributed by atoms with Crippen LogP contribution in [0.5, 0.6) is 0 Å². The first kappa shape index (κ1) is 9.19. The van der Waals surface area contributed by atoms with Crippen molar-refractivity contribution in [3.63, 3.8) is 0 Å². The predicted octanol–water partition coefficient (Wildman–Crippen LogP) is 0.171. The minimum atomic E-state index is -0.322. The van der Waals surface area contributed by atoms with Crippen molar-refractivity contribution in [2.45, 2.75) is 12.6 Å². The Kier molecular flexibility index (Phi) is 3.22. The summed E-state index contributed by atoms with van der Waals surface area (Å²) in [5.74, 6) is 0. The van der Waals surface area contributed by atoms with Gasteiger partial charge in [0.15, 0.2) is 0 Å². The van der Waals surface area contributed by atoms with E-state index in [1.807, 2.05) is 12.1 Å². The van der Waals surface area contributed by atoms with Crippen LogP contribution < -0.4 is 5.73 Å². The summed E-state index contributed by atoms with van der Waals surface area (Å²) in [6.07, 6.45) is 0. The van der Waals surface area contributed by atoms with Gasteiger partial charge in [0.2, 0.25) is 0 Å². The van der Waals surface area contributed by atoms with Crippen molar-refractivity contribution in [3.05, 3.63) is 35.4 Å². The van der Waals surface area contributed by atoms with Crippen LogP contribution in [0.4, 0.5) is 0 Å². The van der Waals surface area contributed by atoms with Gasteiger partial charge < -0.3 is 15.9 Å². The van der Waals surface area contributed by atoms with E-state index in [4.69, 9.17) is 15.9 Å². The predicted molar refractivity (Wildman–Crippen MR) is 46.4 cm³/mol. The van der Waals surface area contributed by atoms with Crippen LogP contribution in [0.15, 0.2) is 24.3 Å². The average molecular weight is 167 g/mol. The normalized spacial score (nSPS) is 12.9. The van der Waals surface area contributed by atoms with Crippen LogP contribution in [0.1, 0.15) is 17.2 Å². The zero-order valence-electron chi connectivity index (χ0n) is 6.77. The molecule has 12 heavy (non-hydrogen) atoms. The molecule has 0 radical (unpaired) electrons. The molecule has 0 heterocycles. The molecule has 4 N–H and O–H groups in total. The third-order valence-corrected chi connectivity index (χ3v) is 1.79. The van der Waals surface area contributed by atoms with E-state index < -0.39 is 0 Å².